The Balaban J connectivity index is 1.28. The molecule has 0 spiro atoms. The summed E-state index contributed by atoms with van der Waals surface area (Å²) in [6.07, 6.45) is 0. The van der Waals surface area contributed by atoms with E-state index >= 15 is 0 Å². The fourth-order valence-electron chi connectivity index (χ4n) is 3.73. The van der Waals surface area contributed by atoms with Crippen LogP contribution in [-0.4, -0.2) is 21.2 Å². The Labute approximate surface area is 226 Å². The van der Waals surface area contributed by atoms with E-state index in [1.54, 1.807) is 28.8 Å². The number of rotatable bonds is 8. The van der Waals surface area contributed by atoms with Crippen molar-refractivity contribution < 1.29 is 9.53 Å². The van der Waals surface area contributed by atoms with Crippen molar-refractivity contribution in [1.82, 2.24) is 9.55 Å². The Morgan fingerprint density at radius 2 is 1.59 bits per heavy atom. The second-order valence-electron chi connectivity index (χ2n) is 8.16. The Kier molecular flexibility index (Phi) is 7.67. The normalized spacial score (nSPS) is 10.8. The van der Waals surface area contributed by atoms with Crippen molar-refractivity contribution in [3.8, 4) is 11.4 Å². The van der Waals surface area contributed by atoms with Crippen molar-refractivity contribution in [2.45, 2.75) is 11.8 Å². The molecule has 0 radical (unpaired) electrons. The molecule has 5 rings (SSSR count). The summed E-state index contributed by atoms with van der Waals surface area (Å²) in [5.41, 5.74) is 2.84. The lowest BCUT2D eigenvalue weighted by molar-refractivity contribution is -0.113. The van der Waals surface area contributed by atoms with Crippen LogP contribution in [0.3, 0.4) is 0 Å². The highest BCUT2D eigenvalue weighted by Gasteiger charge is 2.15. The molecular weight excluding hydrogens is 550 g/mol. The van der Waals surface area contributed by atoms with Gasteiger partial charge < -0.3 is 10.1 Å². The molecule has 0 aliphatic rings. The molecule has 184 valence electrons. The summed E-state index contributed by atoms with van der Waals surface area (Å²) in [5.74, 6) is 0.607. The lowest BCUT2D eigenvalue weighted by Gasteiger charge is -2.13. The highest BCUT2D eigenvalue weighted by Crippen LogP contribution is 2.23. The molecular formula is C29H22BrN3O3S. The van der Waals surface area contributed by atoms with Gasteiger partial charge in [0.25, 0.3) is 5.56 Å². The Hall–Kier alpha value is -3.88. The van der Waals surface area contributed by atoms with Gasteiger partial charge in [0.1, 0.15) is 12.4 Å². The average Bonchev–Trinajstić information content (AvgIpc) is 2.93. The molecule has 0 unspecified atom stereocenters. The van der Waals surface area contributed by atoms with Gasteiger partial charge in [-0.3, -0.25) is 14.2 Å². The molecule has 0 fully saturated rings. The molecule has 0 bridgehead atoms. The van der Waals surface area contributed by atoms with Gasteiger partial charge in [-0.15, -0.1) is 0 Å². The van der Waals surface area contributed by atoms with Gasteiger partial charge in [0.05, 0.1) is 22.3 Å². The van der Waals surface area contributed by atoms with Crippen molar-refractivity contribution in [2.75, 3.05) is 11.1 Å². The summed E-state index contributed by atoms with van der Waals surface area (Å²) in [6.45, 7) is 0.474. The Morgan fingerprint density at radius 3 is 2.35 bits per heavy atom. The van der Waals surface area contributed by atoms with Crippen LogP contribution in [0, 0.1) is 0 Å². The molecule has 1 heterocycles. The van der Waals surface area contributed by atoms with Crippen LogP contribution in [0.5, 0.6) is 5.75 Å². The third-order valence-electron chi connectivity index (χ3n) is 5.55. The molecule has 4 aromatic carbocycles. The number of nitrogens with one attached hydrogen (secondary N) is 1. The minimum atomic E-state index is -0.201. The number of fused-ring (bicyclic) bond motifs is 1. The van der Waals surface area contributed by atoms with Gasteiger partial charge in [-0.2, -0.15) is 0 Å². The van der Waals surface area contributed by atoms with E-state index < -0.39 is 0 Å². The molecule has 1 N–H and O–H groups in total. The number of hydrogen-bond donors (Lipinski definition) is 1. The predicted octanol–water partition coefficient (Wildman–Crippen LogP) is 6.46. The number of carbonyl (C=O) groups excluding carboxylic acids is 1. The second-order valence-corrected chi connectivity index (χ2v) is 10.0. The van der Waals surface area contributed by atoms with Gasteiger partial charge in [-0.25, -0.2) is 4.98 Å². The van der Waals surface area contributed by atoms with Crippen LogP contribution < -0.4 is 15.6 Å². The van der Waals surface area contributed by atoms with Crippen molar-refractivity contribution in [3.63, 3.8) is 0 Å². The van der Waals surface area contributed by atoms with E-state index in [1.807, 2.05) is 78.9 Å². The molecule has 0 saturated carbocycles. The first-order valence-electron chi connectivity index (χ1n) is 11.5. The number of thioether (sulfide) groups is 1. The first-order chi connectivity index (χ1) is 18.1. The van der Waals surface area contributed by atoms with E-state index in [-0.39, 0.29) is 17.2 Å². The fraction of sp³-hybridized carbons (Fsp3) is 0.0690. The average molecular weight is 572 g/mol. The lowest BCUT2D eigenvalue weighted by atomic mass is 10.2. The molecule has 0 saturated heterocycles. The summed E-state index contributed by atoms with van der Waals surface area (Å²) < 4.78 is 8.26. The van der Waals surface area contributed by atoms with Gasteiger partial charge >= 0.3 is 0 Å². The first kappa shape index (κ1) is 24.8. The quantitative estimate of drug-likeness (QED) is 0.171. The number of ether oxygens (including phenoxy) is 1. The monoisotopic (exact) mass is 571 g/mol. The molecule has 0 aliphatic carbocycles. The molecule has 6 nitrogen and oxygen atoms in total. The van der Waals surface area contributed by atoms with Crippen molar-refractivity contribution in [2.24, 2.45) is 0 Å². The number of carbonyl (C=O) groups is 1. The van der Waals surface area contributed by atoms with Crippen molar-refractivity contribution in [1.29, 1.82) is 0 Å². The molecule has 8 heteroatoms. The minimum Gasteiger partial charge on any atom is -0.489 e. The van der Waals surface area contributed by atoms with Crippen LogP contribution in [0.1, 0.15) is 5.56 Å². The zero-order valence-corrected chi connectivity index (χ0v) is 22.0. The van der Waals surface area contributed by atoms with E-state index in [4.69, 9.17) is 4.74 Å². The van der Waals surface area contributed by atoms with Crippen molar-refractivity contribution >= 4 is 50.2 Å². The minimum absolute atomic E-state index is 0.0908. The third-order valence-corrected chi connectivity index (χ3v) is 7.02. The summed E-state index contributed by atoms with van der Waals surface area (Å²) in [7, 11) is 0. The summed E-state index contributed by atoms with van der Waals surface area (Å²) >= 11 is 4.65. The maximum atomic E-state index is 13.3. The molecule has 5 aromatic rings. The van der Waals surface area contributed by atoms with Crippen LogP contribution in [0.25, 0.3) is 16.6 Å². The summed E-state index contributed by atoms with van der Waals surface area (Å²) in [4.78, 5) is 30.8. The SMILES string of the molecule is O=C(CSc1nc2ccccc2c(=O)n1-c1ccc(Br)cc1)Nc1ccc(OCc2ccccc2)cc1. The van der Waals surface area contributed by atoms with Gasteiger partial charge in [-0.1, -0.05) is 70.2 Å². The number of hydrogen-bond acceptors (Lipinski definition) is 5. The van der Waals surface area contributed by atoms with E-state index in [2.05, 4.69) is 26.2 Å². The zero-order valence-electron chi connectivity index (χ0n) is 19.6. The maximum Gasteiger partial charge on any atom is 0.266 e. The van der Waals surface area contributed by atoms with Crippen LogP contribution in [0.2, 0.25) is 0 Å². The molecule has 1 aromatic heterocycles. The van der Waals surface area contributed by atoms with E-state index in [9.17, 15) is 9.59 Å². The molecule has 0 atom stereocenters. The number of benzene rings is 4. The number of nitrogens with zero attached hydrogens (tertiary/aromatic N) is 2. The maximum absolute atomic E-state index is 13.3. The highest BCUT2D eigenvalue weighted by molar-refractivity contribution is 9.10. The van der Waals surface area contributed by atoms with Crippen LogP contribution in [0.4, 0.5) is 5.69 Å². The molecule has 1 amide bonds. The summed E-state index contributed by atoms with van der Waals surface area (Å²) in [5, 5.41) is 3.87. The number of aromatic nitrogens is 2. The predicted molar refractivity (Wildman–Crippen MR) is 152 cm³/mol. The zero-order chi connectivity index (χ0) is 25.6. The van der Waals surface area contributed by atoms with Crippen LogP contribution >= 0.6 is 27.7 Å². The molecule has 37 heavy (non-hydrogen) atoms. The van der Waals surface area contributed by atoms with Crippen molar-refractivity contribution in [3.05, 3.63) is 124 Å². The second kappa shape index (κ2) is 11.5. The number of para-hydroxylation sites is 1. The number of halogens is 1. The third kappa shape index (κ3) is 6.10. The fourth-order valence-corrected chi connectivity index (χ4v) is 4.81. The smallest absolute Gasteiger partial charge is 0.266 e. The Bertz CT molecular complexity index is 1590. The standard InChI is InChI=1S/C29H22BrN3O3S/c30-21-10-14-23(15-11-21)33-28(35)25-8-4-5-9-26(25)32-29(33)37-19-27(34)31-22-12-16-24(17-13-22)36-18-20-6-2-1-3-7-20/h1-17H,18-19H2,(H,31,34). The van der Waals surface area contributed by atoms with E-state index in [1.165, 1.54) is 11.8 Å². The first-order valence-corrected chi connectivity index (χ1v) is 13.3. The largest absolute Gasteiger partial charge is 0.489 e. The highest BCUT2D eigenvalue weighted by atomic mass is 79.9. The van der Waals surface area contributed by atoms with E-state index in [0.717, 1.165) is 15.8 Å². The van der Waals surface area contributed by atoms with Crippen LogP contribution in [0.15, 0.2) is 118 Å². The van der Waals surface area contributed by atoms with Gasteiger partial charge in [-0.05, 0) is 66.2 Å². The van der Waals surface area contributed by atoms with E-state index in [0.29, 0.717) is 34.0 Å². The Morgan fingerprint density at radius 1 is 0.892 bits per heavy atom. The topological polar surface area (TPSA) is 73.2 Å². The number of amides is 1. The van der Waals surface area contributed by atoms with Gasteiger partial charge in [0.15, 0.2) is 5.16 Å². The molecule has 0 aliphatic heterocycles. The van der Waals surface area contributed by atoms with Gasteiger partial charge in [0.2, 0.25) is 5.91 Å². The number of anilines is 1. The summed E-state index contributed by atoms with van der Waals surface area (Å²) in [6, 6.07) is 31.8. The van der Waals surface area contributed by atoms with Crippen LogP contribution in [-0.2, 0) is 11.4 Å². The van der Waals surface area contributed by atoms with Gasteiger partial charge in [0, 0.05) is 10.2 Å². The lowest BCUT2D eigenvalue weighted by Crippen LogP contribution is -2.23.